The van der Waals surface area contributed by atoms with Crippen LogP contribution in [0.25, 0.3) is 0 Å². The first-order valence-electron chi connectivity index (χ1n) is 4.53. The van der Waals surface area contributed by atoms with Crippen LogP contribution in [0, 0.1) is 17.8 Å². The highest BCUT2D eigenvalue weighted by atomic mass is 16.9. The lowest BCUT2D eigenvalue weighted by atomic mass is 9.91. The van der Waals surface area contributed by atoms with Crippen molar-refractivity contribution in [3.05, 3.63) is 0 Å². The average Bonchev–Trinajstić information content (AvgIpc) is 2.18. The maximum atomic E-state index is 5.53. The molecular weight excluding hydrogens is 168 g/mol. The Balaban J connectivity index is 1.99. The van der Waals surface area contributed by atoms with Crippen LogP contribution in [0.4, 0.5) is 0 Å². The molecule has 0 aromatic heterocycles. The minimum Gasteiger partial charge on any atom is -0.327 e. The molecule has 0 atom stereocenters. The Bertz CT molecular complexity index is 217. The highest BCUT2D eigenvalue weighted by Gasteiger charge is 2.49. The minimum absolute atomic E-state index is 0.0396. The van der Waals surface area contributed by atoms with Crippen molar-refractivity contribution < 1.29 is 14.2 Å². The lowest BCUT2D eigenvalue weighted by molar-refractivity contribution is -0.467. The van der Waals surface area contributed by atoms with Crippen molar-refractivity contribution in [3.8, 4) is 12.3 Å². The van der Waals surface area contributed by atoms with Crippen LogP contribution in [0.15, 0.2) is 0 Å². The molecule has 0 N–H and O–H groups in total. The molecule has 0 amide bonds. The smallest absolute Gasteiger partial charge is 0.283 e. The van der Waals surface area contributed by atoms with Gasteiger partial charge in [-0.2, -0.15) is 0 Å². The Morgan fingerprint density at radius 3 is 2.23 bits per heavy atom. The molecule has 3 aliphatic rings. The summed E-state index contributed by atoms with van der Waals surface area (Å²) < 4.78 is 16.6. The zero-order valence-corrected chi connectivity index (χ0v) is 7.84. The zero-order valence-electron chi connectivity index (χ0n) is 7.84. The van der Waals surface area contributed by atoms with Crippen LogP contribution < -0.4 is 0 Å². The quantitative estimate of drug-likeness (QED) is 0.599. The van der Waals surface area contributed by atoms with Gasteiger partial charge in [-0.15, -0.1) is 12.3 Å². The van der Waals surface area contributed by atoms with Crippen molar-refractivity contribution in [2.75, 3.05) is 19.8 Å². The van der Waals surface area contributed by atoms with E-state index in [0.29, 0.717) is 32.7 Å². The van der Waals surface area contributed by atoms with Crippen LogP contribution in [0.1, 0.15) is 19.8 Å². The minimum atomic E-state index is -0.829. The summed E-state index contributed by atoms with van der Waals surface area (Å²) in [5.41, 5.74) is 0.0396. The zero-order chi connectivity index (χ0) is 9.36. The van der Waals surface area contributed by atoms with E-state index in [-0.39, 0.29) is 5.41 Å². The second kappa shape index (κ2) is 2.98. The average molecular weight is 182 g/mol. The third-order valence-electron chi connectivity index (χ3n) is 2.50. The van der Waals surface area contributed by atoms with Crippen molar-refractivity contribution in [1.82, 2.24) is 0 Å². The first-order chi connectivity index (χ1) is 6.18. The van der Waals surface area contributed by atoms with Crippen molar-refractivity contribution in [2.45, 2.75) is 25.7 Å². The third kappa shape index (κ3) is 1.58. The fourth-order valence-electron chi connectivity index (χ4n) is 1.54. The van der Waals surface area contributed by atoms with Gasteiger partial charge in [0.05, 0.1) is 19.8 Å². The van der Waals surface area contributed by atoms with E-state index in [1.165, 1.54) is 0 Å². The molecule has 0 spiro atoms. The molecule has 72 valence electrons. The number of hydrogen-bond acceptors (Lipinski definition) is 3. The molecule has 0 aromatic carbocycles. The summed E-state index contributed by atoms with van der Waals surface area (Å²) in [6.07, 6.45) is 6.43. The maximum Gasteiger partial charge on any atom is 0.283 e. The Kier molecular flexibility index (Phi) is 2.07. The number of rotatable bonds is 2. The van der Waals surface area contributed by atoms with Gasteiger partial charge >= 0.3 is 0 Å². The summed E-state index contributed by atoms with van der Waals surface area (Å²) in [7, 11) is 0. The van der Waals surface area contributed by atoms with Gasteiger partial charge < -0.3 is 14.2 Å². The van der Waals surface area contributed by atoms with E-state index < -0.39 is 5.97 Å². The van der Waals surface area contributed by atoms with Crippen molar-refractivity contribution in [1.29, 1.82) is 0 Å². The Hall–Kier alpha value is -0.560. The normalized spacial score (nSPS) is 43.1. The van der Waals surface area contributed by atoms with Crippen LogP contribution in [0.2, 0.25) is 0 Å². The summed E-state index contributed by atoms with van der Waals surface area (Å²) >= 11 is 0. The molecule has 0 aromatic rings. The highest BCUT2D eigenvalue weighted by molar-refractivity contribution is 4.89. The summed E-state index contributed by atoms with van der Waals surface area (Å²) in [6, 6.07) is 0. The molecular formula is C10H14O3. The van der Waals surface area contributed by atoms with E-state index >= 15 is 0 Å². The van der Waals surface area contributed by atoms with E-state index in [1.807, 2.05) is 0 Å². The molecule has 3 heterocycles. The molecule has 0 radical (unpaired) electrons. The number of fused-ring (bicyclic) bond motifs is 3. The van der Waals surface area contributed by atoms with Gasteiger partial charge in [-0.25, -0.2) is 0 Å². The fraction of sp³-hybridized carbons (Fsp3) is 0.800. The predicted octanol–water partition coefficient (Wildman–Crippen LogP) is 1.14. The van der Waals surface area contributed by atoms with Crippen LogP contribution in [0.5, 0.6) is 0 Å². The van der Waals surface area contributed by atoms with Crippen LogP contribution in [-0.4, -0.2) is 25.8 Å². The van der Waals surface area contributed by atoms with E-state index in [9.17, 15) is 0 Å². The standard InChI is InChI=1S/C10H14O3/c1-3-4-5-10-11-6-9(2,7-12-10)8-13-10/h1H,4-8H2,2H3. The Labute approximate surface area is 78.4 Å². The topological polar surface area (TPSA) is 27.7 Å². The summed E-state index contributed by atoms with van der Waals surface area (Å²) in [4.78, 5) is 0. The molecule has 0 aliphatic carbocycles. The SMILES string of the molecule is C#CCCC12OCC(C)(CO1)CO2. The van der Waals surface area contributed by atoms with E-state index in [1.54, 1.807) is 0 Å². The molecule has 3 rings (SSSR count). The molecule has 2 bridgehead atoms. The van der Waals surface area contributed by atoms with Crippen molar-refractivity contribution in [2.24, 2.45) is 5.41 Å². The molecule has 3 nitrogen and oxygen atoms in total. The van der Waals surface area contributed by atoms with E-state index in [4.69, 9.17) is 20.6 Å². The van der Waals surface area contributed by atoms with Crippen LogP contribution in [0.3, 0.4) is 0 Å². The second-order valence-electron chi connectivity index (χ2n) is 4.06. The van der Waals surface area contributed by atoms with Gasteiger partial charge in [0.15, 0.2) is 0 Å². The van der Waals surface area contributed by atoms with Gasteiger partial charge in [0.2, 0.25) is 0 Å². The molecule has 3 saturated heterocycles. The molecule has 0 saturated carbocycles. The molecule has 3 heteroatoms. The lowest BCUT2D eigenvalue weighted by Gasteiger charge is -2.50. The summed E-state index contributed by atoms with van der Waals surface area (Å²) in [5, 5.41) is 0. The van der Waals surface area contributed by atoms with Gasteiger partial charge in [0.25, 0.3) is 5.97 Å². The van der Waals surface area contributed by atoms with Crippen molar-refractivity contribution >= 4 is 0 Å². The second-order valence-corrected chi connectivity index (χ2v) is 4.06. The Morgan fingerprint density at radius 1 is 1.23 bits per heavy atom. The van der Waals surface area contributed by atoms with Gasteiger partial charge in [0, 0.05) is 18.3 Å². The number of terminal acetylenes is 1. The molecule has 13 heavy (non-hydrogen) atoms. The largest absolute Gasteiger partial charge is 0.327 e. The number of ether oxygens (including phenoxy) is 3. The van der Waals surface area contributed by atoms with Gasteiger partial charge in [-0.05, 0) is 0 Å². The monoisotopic (exact) mass is 182 g/mol. The third-order valence-corrected chi connectivity index (χ3v) is 2.50. The van der Waals surface area contributed by atoms with Gasteiger partial charge in [0.1, 0.15) is 0 Å². The van der Waals surface area contributed by atoms with E-state index in [0.717, 1.165) is 0 Å². The molecule has 3 aliphatic heterocycles. The van der Waals surface area contributed by atoms with Gasteiger partial charge in [-0.1, -0.05) is 6.92 Å². The van der Waals surface area contributed by atoms with Crippen LogP contribution in [-0.2, 0) is 14.2 Å². The Morgan fingerprint density at radius 2 is 1.77 bits per heavy atom. The first-order valence-corrected chi connectivity index (χ1v) is 4.53. The molecule has 0 unspecified atom stereocenters. The highest BCUT2D eigenvalue weighted by Crippen LogP contribution is 2.39. The first kappa shape index (κ1) is 9.01. The maximum absolute atomic E-state index is 5.53. The van der Waals surface area contributed by atoms with Crippen LogP contribution >= 0.6 is 0 Å². The molecule has 3 fully saturated rings. The fourth-order valence-corrected chi connectivity index (χ4v) is 1.54. The van der Waals surface area contributed by atoms with Gasteiger partial charge in [-0.3, -0.25) is 0 Å². The lowest BCUT2D eigenvalue weighted by Crippen LogP contribution is -2.58. The number of hydrogen-bond donors (Lipinski definition) is 0. The summed E-state index contributed by atoms with van der Waals surface area (Å²) in [6.45, 7) is 4.21. The summed E-state index contributed by atoms with van der Waals surface area (Å²) in [5.74, 6) is 1.73. The predicted molar refractivity (Wildman–Crippen MR) is 46.8 cm³/mol. The van der Waals surface area contributed by atoms with E-state index in [2.05, 4.69) is 12.8 Å². The van der Waals surface area contributed by atoms with Crippen molar-refractivity contribution in [3.63, 3.8) is 0 Å².